The van der Waals surface area contributed by atoms with Gasteiger partial charge in [-0.25, -0.2) is 9.97 Å². The van der Waals surface area contributed by atoms with E-state index in [1.807, 2.05) is 12.1 Å². The molecule has 1 aliphatic rings. The molecule has 6 aromatic carbocycles. The second-order valence-corrected chi connectivity index (χ2v) is 17.3. The van der Waals surface area contributed by atoms with E-state index in [0.29, 0.717) is 0 Å². The average molecular weight is 620 g/mol. The van der Waals surface area contributed by atoms with Gasteiger partial charge < -0.3 is 8.98 Å². The first-order valence-corrected chi connectivity index (χ1v) is 19.1. The molecule has 0 saturated carbocycles. The first-order chi connectivity index (χ1) is 23.1. The molecule has 0 aliphatic carbocycles. The molecule has 222 valence electrons. The Bertz CT molecular complexity index is 2720. The molecule has 4 heterocycles. The van der Waals surface area contributed by atoms with Gasteiger partial charge in [0.2, 0.25) is 0 Å². The monoisotopic (exact) mass is 619 g/mol. The molecule has 0 saturated heterocycles. The lowest BCUT2D eigenvalue weighted by atomic mass is 10.0. The van der Waals surface area contributed by atoms with Crippen molar-refractivity contribution in [3.63, 3.8) is 0 Å². The van der Waals surface area contributed by atoms with Crippen LogP contribution in [0.1, 0.15) is 0 Å². The average Bonchev–Trinajstić information content (AvgIpc) is 3.74. The van der Waals surface area contributed by atoms with Gasteiger partial charge in [0.05, 0.1) is 28.1 Å². The van der Waals surface area contributed by atoms with Crippen molar-refractivity contribution < 1.29 is 4.42 Å². The lowest BCUT2D eigenvalue weighted by Gasteiger charge is -2.23. The Morgan fingerprint density at radius 2 is 1.19 bits per heavy atom. The number of rotatable bonds is 3. The molecule has 5 heteroatoms. The molecule has 3 aromatic heterocycles. The molecule has 0 fully saturated rings. The van der Waals surface area contributed by atoms with Crippen molar-refractivity contribution in [3.05, 3.63) is 140 Å². The minimum absolute atomic E-state index is 0.748. The van der Waals surface area contributed by atoms with Crippen molar-refractivity contribution in [1.29, 1.82) is 0 Å². The lowest BCUT2D eigenvalue weighted by Crippen LogP contribution is -2.50. The zero-order valence-corrected chi connectivity index (χ0v) is 27.0. The molecule has 0 amide bonds. The fourth-order valence-electron chi connectivity index (χ4n) is 7.88. The maximum Gasteiger partial charge on any atom is 0.160 e. The predicted octanol–water partition coefficient (Wildman–Crippen LogP) is 9.61. The summed E-state index contributed by atoms with van der Waals surface area (Å²) < 4.78 is 9.09. The molecule has 10 rings (SSSR count). The number of aromatic nitrogens is 3. The van der Waals surface area contributed by atoms with Crippen LogP contribution in [-0.2, 0) is 0 Å². The Morgan fingerprint density at radius 3 is 2.04 bits per heavy atom. The highest BCUT2D eigenvalue weighted by Crippen LogP contribution is 2.42. The van der Waals surface area contributed by atoms with Gasteiger partial charge in [-0.05, 0) is 40.2 Å². The summed E-state index contributed by atoms with van der Waals surface area (Å²) in [5.74, 6) is 0.748. The molecule has 4 nitrogen and oxygen atoms in total. The molecule has 0 N–H and O–H groups in total. The summed E-state index contributed by atoms with van der Waals surface area (Å²) in [6.07, 6.45) is 0. The first-order valence-electron chi connectivity index (χ1n) is 16.1. The molecule has 0 bridgehead atoms. The number of nitrogens with zero attached hydrogens (tertiary/aromatic N) is 3. The van der Waals surface area contributed by atoms with E-state index in [4.69, 9.17) is 14.4 Å². The summed E-state index contributed by atoms with van der Waals surface area (Å²) >= 11 is 0. The Balaban J connectivity index is 1.35. The Kier molecular flexibility index (Phi) is 5.41. The zero-order valence-electron chi connectivity index (χ0n) is 26.0. The van der Waals surface area contributed by atoms with E-state index < -0.39 is 8.07 Å². The number of fused-ring (bicyclic) bond motifs is 10. The van der Waals surface area contributed by atoms with Crippen LogP contribution < -0.4 is 10.4 Å². The van der Waals surface area contributed by atoms with Gasteiger partial charge in [-0.3, -0.25) is 0 Å². The van der Waals surface area contributed by atoms with E-state index in [9.17, 15) is 0 Å². The van der Waals surface area contributed by atoms with Gasteiger partial charge in [0.1, 0.15) is 13.7 Å². The lowest BCUT2D eigenvalue weighted by molar-refractivity contribution is 0.671. The number of hydrogen-bond acceptors (Lipinski definition) is 3. The summed E-state index contributed by atoms with van der Waals surface area (Å²) in [4.78, 5) is 10.8. The van der Waals surface area contributed by atoms with E-state index in [2.05, 4.69) is 145 Å². The molecule has 1 aliphatic heterocycles. The van der Waals surface area contributed by atoms with Gasteiger partial charge in [0.15, 0.2) is 11.4 Å². The van der Waals surface area contributed by atoms with Crippen molar-refractivity contribution in [2.45, 2.75) is 13.1 Å². The third kappa shape index (κ3) is 3.63. The van der Waals surface area contributed by atoms with Crippen LogP contribution in [0, 0.1) is 0 Å². The second kappa shape index (κ2) is 9.61. The van der Waals surface area contributed by atoms with Crippen molar-refractivity contribution >= 4 is 62.2 Å². The van der Waals surface area contributed by atoms with Crippen LogP contribution in [0.3, 0.4) is 0 Å². The molecule has 0 radical (unpaired) electrons. The van der Waals surface area contributed by atoms with Crippen molar-refractivity contribution in [3.8, 4) is 39.6 Å². The van der Waals surface area contributed by atoms with Crippen molar-refractivity contribution in [2.24, 2.45) is 0 Å². The van der Waals surface area contributed by atoms with E-state index in [-0.39, 0.29) is 0 Å². The molecular weight excluding hydrogens is 591 g/mol. The SMILES string of the molecule is C[Si]1(C)c2ccccc2-c2nc(-c3ccccc3)nc(-c3ccccc3-n3c4ccccc4c4ccc5c6ccccc6oc5c43)c21. The fourth-order valence-corrected chi connectivity index (χ4v) is 11.1. The second-order valence-electron chi connectivity index (χ2n) is 13.0. The summed E-state index contributed by atoms with van der Waals surface area (Å²) in [5.41, 5.74) is 10.5. The van der Waals surface area contributed by atoms with Gasteiger partial charge in [0.25, 0.3) is 0 Å². The van der Waals surface area contributed by atoms with Gasteiger partial charge in [0, 0.05) is 32.7 Å². The third-order valence-corrected chi connectivity index (χ3v) is 13.5. The summed E-state index contributed by atoms with van der Waals surface area (Å²) in [7, 11) is -2.17. The Morgan fingerprint density at radius 1 is 0.553 bits per heavy atom. The smallest absolute Gasteiger partial charge is 0.160 e. The maximum absolute atomic E-state index is 6.69. The van der Waals surface area contributed by atoms with E-state index in [0.717, 1.165) is 67.0 Å². The molecule has 0 spiro atoms. The Hall–Kier alpha value is -5.78. The maximum atomic E-state index is 6.69. The quantitative estimate of drug-likeness (QED) is 0.185. The topological polar surface area (TPSA) is 43.9 Å². The van der Waals surface area contributed by atoms with Gasteiger partial charge >= 0.3 is 0 Å². The van der Waals surface area contributed by atoms with Gasteiger partial charge in [-0.1, -0.05) is 128 Å². The number of furan rings is 1. The molecule has 0 unspecified atom stereocenters. The van der Waals surface area contributed by atoms with E-state index in [1.165, 1.54) is 26.7 Å². The molecule has 0 atom stereocenters. The Labute approximate surface area is 272 Å². The minimum Gasteiger partial charge on any atom is -0.454 e. The zero-order chi connectivity index (χ0) is 31.3. The van der Waals surface area contributed by atoms with Crippen LogP contribution in [0.15, 0.2) is 144 Å². The predicted molar refractivity (Wildman–Crippen MR) is 197 cm³/mol. The highest BCUT2D eigenvalue weighted by molar-refractivity contribution is 7.04. The summed E-state index contributed by atoms with van der Waals surface area (Å²) in [5, 5.41) is 7.31. The number of hydrogen-bond donors (Lipinski definition) is 0. The van der Waals surface area contributed by atoms with E-state index in [1.54, 1.807) is 0 Å². The highest BCUT2D eigenvalue weighted by atomic mass is 28.3. The summed E-state index contributed by atoms with van der Waals surface area (Å²) in [6, 6.07) is 49.4. The van der Waals surface area contributed by atoms with Crippen LogP contribution >= 0.6 is 0 Å². The minimum atomic E-state index is -2.17. The number of benzene rings is 6. The van der Waals surface area contributed by atoms with Crippen molar-refractivity contribution in [2.75, 3.05) is 0 Å². The van der Waals surface area contributed by atoms with Crippen LogP contribution in [-0.4, -0.2) is 22.6 Å². The standard InChI is InChI=1S/C42H29N3OSi/c1-47(2)36-23-13-9-19-32(36)38-41(47)37(43-42(44-38)26-14-4-3-5-15-26)31-18-7-11-21-34(31)45-33-20-10-6-16-27(33)29-24-25-30-28-17-8-12-22-35(28)46-40(30)39(29)45/h3-25H,1-2H3. The molecule has 47 heavy (non-hydrogen) atoms. The van der Waals surface area contributed by atoms with Crippen LogP contribution in [0.5, 0.6) is 0 Å². The largest absolute Gasteiger partial charge is 0.454 e. The first kappa shape index (κ1) is 26.4. The highest BCUT2D eigenvalue weighted by Gasteiger charge is 2.42. The molecular formula is C42H29N3OSi. The van der Waals surface area contributed by atoms with Crippen LogP contribution in [0.25, 0.3) is 83.3 Å². The van der Waals surface area contributed by atoms with Crippen LogP contribution in [0.4, 0.5) is 0 Å². The third-order valence-electron chi connectivity index (χ3n) is 10.0. The molecule has 9 aromatic rings. The van der Waals surface area contributed by atoms with Crippen molar-refractivity contribution in [1.82, 2.24) is 14.5 Å². The van der Waals surface area contributed by atoms with E-state index >= 15 is 0 Å². The van der Waals surface area contributed by atoms with Gasteiger partial charge in [-0.2, -0.15) is 0 Å². The number of para-hydroxylation sites is 3. The fraction of sp³-hybridized carbons (Fsp3) is 0.0476. The normalized spacial score (nSPS) is 13.5. The van der Waals surface area contributed by atoms with Crippen LogP contribution in [0.2, 0.25) is 13.1 Å². The summed E-state index contributed by atoms with van der Waals surface area (Å²) in [6.45, 7) is 4.88. The van der Waals surface area contributed by atoms with Gasteiger partial charge in [-0.15, -0.1) is 0 Å².